The van der Waals surface area contributed by atoms with E-state index in [1.807, 2.05) is 31.2 Å². The molecule has 2 rings (SSSR count). The first-order valence-electron chi connectivity index (χ1n) is 7.48. The van der Waals surface area contributed by atoms with Crippen LogP contribution in [0.5, 0.6) is 5.75 Å². The van der Waals surface area contributed by atoms with Crippen LogP contribution in [-0.4, -0.2) is 24.5 Å². The summed E-state index contributed by atoms with van der Waals surface area (Å²) in [4.78, 5) is 22.4. The summed E-state index contributed by atoms with van der Waals surface area (Å²) in [6.45, 7) is 2.00. The molecule has 0 heterocycles. The van der Waals surface area contributed by atoms with Gasteiger partial charge in [-0.3, -0.25) is 14.9 Å². The van der Waals surface area contributed by atoms with Gasteiger partial charge in [-0.05, 0) is 30.2 Å². The highest BCUT2D eigenvalue weighted by Crippen LogP contribution is 2.28. The van der Waals surface area contributed by atoms with E-state index in [0.29, 0.717) is 17.1 Å². The summed E-state index contributed by atoms with van der Waals surface area (Å²) < 4.78 is 5.14. The third kappa shape index (κ3) is 4.45. The number of carbonyl (C=O) groups is 1. The van der Waals surface area contributed by atoms with Crippen LogP contribution in [0.4, 0.5) is 17.1 Å². The predicted molar refractivity (Wildman–Crippen MR) is 92.6 cm³/mol. The molecule has 0 fully saturated rings. The number of non-ortho nitro benzene ring substituents is 1. The second-order valence-electron chi connectivity index (χ2n) is 5.10. The van der Waals surface area contributed by atoms with Crippen LogP contribution >= 0.6 is 0 Å². The maximum Gasteiger partial charge on any atom is 0.271 e. The second kappa shape index (κ2) is 7.96. The summed E-state index contributed by atoms with van der Waals surface area (Å²) in [7, 11) is 1.46. The molecule has 126 valence electrons. The Morgan fingerprint density at radius 1 is 1.25 bits per heavy atom. The number of carbonyl (C=O) groups excluding carboxylic acids is 1. The summed E-state index contributed by atoms with van der Waals surface area (Å²) in [5.74, 6) is 0.179. The number of hydrogen-bond acceptors (Lipinski definition) is 5. The largest absolute Gasteiger partial charge is 0.495 e. The lowest BCUT2D eigenvalue weighted by Gasteiger charge is -2.11. The summed E-state index contributed by atoms with van der Waals surface area (Å²) in [6.07, 6.45) is 0.882. The van der Waals surface area contributed by atoms with Gasteiger partial charge in [-0.2, -0.15) is 0 Å². The van der Waals surface area contributed by atoms with Crippen molar-refractivity contribution >= 4 is 23.0 Å². The van der Waals surface area contributed by atoms with Crippen molar-refractivity contribution in [2.45, 2.75) is 13.3 Å². The number of rotatable bonds is 7. The number of amides is 1. The molecule has 0 unspecified atom stereocenters. The highest BCUT2D eigenvalue weighted by molar-refractivity contribution is 5.94. The Kier molecular flexibility index (Phi) is 5.73. The third-order valence-corrected chi connectivity index (χ3v) is 3.45. The molecule has 2 N–H and O–H groups in total. The van der Waals surface area contributed by atoms with Gasteiger partial charge in [-0.15, -0.1) is 0 Å². The molecule has 0 aliphatic carbocycles. The van der Waals surface area contributed by atoms with Crippen LogP contribution in [0.3, 0.4) is 0 Å². The molecule has 0 aromatic heterocycles. The molecule has 0 atom stereocenters. The predicted octanol–water partition coefficient (Wildman–Crippen LogP) is 3.22. The molecule has 7 nitrogen and oxygen atoms in total. The van der Waals surface area contributed by atoms with E-state index in [1.165, 1.54) is 25.3 Å². The molecule has 1 amide bonds. The van der Waals surface area contributed by atoms with Gasteiger partial charge >= 0.3 is 0 Å². The number of nitrogens with zero attached hydrogens (tertiary/aromatic N) is 1. The zero-order chi connectivity index (χ0) is 17.5. The van der Waals surface area contributed by atoms with E-state index < -0.39 is 4.92 Å². The SMILES string of the molecule is CCc1cccc(NC(=O)CNc2cc([N+](=O)[O-])ccc2OC)c1. The first-order valence-corrected chi connectivity index (χ1v) is 7.48. The Morgan fingerprint density at radius 2 is 2.04 bits per heavy atom. The van der Waals surface area contributed by atoms with Crippen LogP contribution in [0, 0.1) is 10.1 Å². The molecule has 0 bridgehead atoms. The van der Waals surface area contributed by atoms with E-state index in [2.05, 4.69) is 10.6 Å². The minimum absolute atomic E-state index is 0.0338. The van der Waals surface area contributed by atoms with Crippen LogP contribution in [0.2, 0.25) is 0 Å². The summed E-state index contributed by atoms with van der Waals surface area (Å²) in [6, 6.07) is 11.8. The highest BCUT2D eigenvalue weighted by atomic mass is 16.6. The summed E-state index contributed by atoms with van der Waals surface area (Å²) in [5, 5.41) is 16.5. The van der Waals surface area contributed by atoms with E-state index in [0.717, 1.165) is 12.0 Å². The van der Waals surface area contributed by atoms with Gasteiger partial charge in [0.05, 0.1) is 24.3 Å². The fourth-order valence-corrected chi connectivity index (χ4v) is 2.20. The lowest BCUT2D eigenvalue weighted by Crippen LogP contribution is -2.22. The minimum atomic E-state index is -0.499. The fourth-order valence-electron chi connectivity index (χ4n) is 2.20. The summed E-state index contributed by atoms with van der Waals surface area (Å²) >= 11 is 0. The first kappa shape index (κ1) is 17.3. The monoisotopic (exact) mass is 329 g/mol. The number of benzene rings is 2. The average molecular weight is 329 g/mol. The Balaban J connectivity index is 2.02. The Morgan fingerprint density at radius 3 is 2.71 bits per heavy atom. The Bertz CT molecular complexity index is 746. The van der Waals surface area contributed by atoms with Crippen LogP contribution in [0.1, 0.15) is 12.5 Å². The Hall–Kier alpha value is -3.09. The first-order chi connectivity index (χ1) is 11.5. The molecular formula is C17H19N3O4. The van der Waals surface area contributed by atoms with E-state index >= 15 is 0 Å². The normalized spacial score (nSPS) is 10.1. The zero-order valence-electron chi connectivity index (χ0n) is 13.5. The lowest BCUT2D eigenvalue weighted by atomic mass is 10.1. The van der Waals surface area contributed by atoms with E-state index in [9.17, 15) is 14.9 Å². The van der Waals surface area contributed by atoms with Crippen molar-refractivity contribution in [1.82, 2.24) is 0 Å². The molecule has 0 spiro atoms. The van der Waals surface area contributed by atoms with E-state index in [1.54, 1.807) is 0 Å². The van der Waals surface area contributed by atoms with Crippen molar-refractivity contribution < 1.29 is 14.5 Å². The molecule has 0 aliphatic heterocycles. The number of ether oxygens (including phenoxy) is 1. The molecule has 0 saturated carbocycles. The molecule has 2 aromatic rings. The molecule has 0 aliphatic rings. The molecule has 2 aromatic carbocycles. The highest BCUT2D eigenvalue weighted by Gasteiger charge is 2.12. The number of anilines is 2. The fraction of sp³-hybridized carbons (Fsp3) is 0.235. The van der Waals surface area contributed by atoms with E-state index in [-0.39, 0.29) is 18.1 Å². The smallest absolute Gasteiger partial charge is 0.271 e. The number of nitrogens with one attached hydrogen (secondary N) is 2. The van der Waals surface area contributed by atoms with Gasteiger partial charge in [0.2, 0.25) is 5.91 Å². The van der Waals surface area contributed by atoms with Crippen LogP contribution < -0.4 is 15.4 Å². The van der Waals surface area contributed by atoms with Crippen LogP contribution in [0.25, 0.3) is 0 Å². The maximum absolute atomic E-state index is 12.1. The Labute approximate surface area is 139 Å². The van der Waals surface area contributed by atoms with Gasteiger partial charge in [0.1, 0.15) is 5.75 Å². The number of nitro benzene ring substituents is 1. The van der Waals surface area contributed by atoms with E-state index in [4.69, 9.17) is 4.74 Å². The average Bonchev–Trinajstić information content (AvgIpc) is 2.59. The summed E-state index contributed by atoms with van der Waals surface area (Å²) in [5.41, 5.74) is 2.16. The standard InChI is InChI=1S/C17H19N3O4/c1-3-12-5-4-6-13(9-12)19-17(21)11-18-15-10-14(20(22)23)7-8-16(15)24-2/h4-10,18H,3,11H2,1-2H3,(H,19,21). The maximum atomic E-state index is 12.1. The van der Waals surface area contributed by atoms with Gasteiger partial charge in [0.15, 0.2) is 0 Å². The van der Waals surface area contributed by atoms with Gasteiger partial charge in [-0.25, -0.2) is 0 Å². The topological polar surface area (TPSA) is 93.5 Å². The molecule has 7 heteroatoms. The van der Waals surface area contributed by atoms with Crippen LogP contribution in [0.15, 0.2) is 42.5 Å². The van der Waals surface area contributed by atoms with Gasteiger partial charge in [0.25, 0.3) is 5.69 Å². The van der Waals surface area contributed by atoms with Gasteiger partial charge in [0, 0.05) is 17.8 Å². The number of hydrogen-bond donors (Lipinski definition) is 2. The van der Waals surface area contributed by atoms with Gasteiger partial charge < -0.3 is 15.4 Å². The number of aryl methyl sites for hydroxylation is 1. The van der Waals surface area contributed by atoms with Crippen molar-refractivity contribution in [2.75, 3.05) is 24.3 Å². The van der Waals surface area contributed by atoms with Crippen molar-refractivity contribution in [3.05, 3.63) is 58.1 Å². The number of nitro groups is 1. The van der Waals surface area contributed by atoms with Crippen LogP contribution in [-0.2, 0) is 11.2 Å². The van der Waals surface area contributed by atoms with Crippen molar-refractivity contribution in [1.29, 1.82) is 0 Å². The van der Waals surface area contributed by atoms with Gasteiger partial charge in [-0.1, -0.05) is 19.1 Å². The quantitative estimate of drug-likeness (QED) is 0.601. The molecule has 0 radical (unpaired) electrons. The van der Waals surface area contributed by atoms with Crippen molar-refractivity contribution in [2.24, 2.45) is 0 Å². The molecule has 24 heavy (non-hydrogen) atoms. The lowest BCUT2D eigenvalue weighted by molar-refractivity contribution is -0.384. The van der Waals surface area contributed by atoms with Crippen molar-refractivity contribution in [3.63, 3.8) is 0 Å². The third-order valence-electron chi connectivity index (χ3n) is 3.45. The second-order valence-corrected chi connectivity index (χ2v) is 5.10. The zero-order valence-corrected chi connectivity index (χ0v) is 13.5. The molecular weight excluding hydrogens is 310 g/mol. The number of methoxy groups -OCH3 is 1. The van der Waals surface area contributed by atoms with Crippen molar-refractivity contribution in [3.8, 4) is 5.75 Å². The minimum Gasteiger partial charge on any atom is -0.495 e. The molecule has 0 saturated heterocycles.